The van der Waals surface area contributed by atoms with Crippen LogP contribution in [0.2, 0.25) is 0 Å². The molecule has 1 amide bonds. The van der Waals surface area contributed by atoms with Gasteiger partial charge in [-0.05, 0) is 66.5 Å². The highest BCUT2D eigenvalue weighted by atomic mass is 19.1. The average molecular weight is 624 g/mol. The van der Waals surface area contributed by atoms with Gasteiger partial charge in [0.2, 0.25) is 0 Å². The SMILES string of the molecule is CCOC(=O)[C@@H](OC(C)(C)C)c1c(C)nc2cc3nn2c1N1CCC(C)(CC1)OC/C=C/COc1cc(F)ccc1CNC3=O. The third kappa shape index (κ3) is 7.45. The van der Waals surface area contributed by atoms with Crippen molar-refractivity contribution >= 4 is 23.3 Å². The molecule has 1 saturated heterocycles. The number of aromatic nitrogens is 3. The van der Waals surface area contributed by atoms with E-state index in [9.17, 15) is 14.0 Å². The molecule has 1 aromatic carbocycles. The smallest absolute Gasteiger partial charge is 0.340 e. The zero-order valence-corrected chi connectivity index (χ0v) is 26.8. The van der Waals surface area contributed by atoms with E-state index >= 15 is 0 Å². The van der Waals surface area contributed by atoms with Crippen LogP contribution in [-0.4, -0.2) is 70.6 Å². The largest absolute Gasteiger partial charge is 0.489 e. The Kier molecular flexibility index (Phi) is 9.45. The zero-order valence-electron chi connectivity index (χ0n) is 26.8. The summed E-state index contributed by atoms with van der Waals surface area (Å²) in [5.74, 6) is -0.450. The normalized spacial score (nSPS) is 18.7. The molecule has 2 aromatic heterocycles. The van der Waals surface area contributed by atoms with Gasteiger partial charge in [-0.2, -0.15) is 9.61 Å². The van der Waals surface area contributed by atoms with Crippen LogP contribution in [0, 0.1) is 12.7 Å². The second kappa shape index (κ2) is 13.1. The van der Waals surface area contributed by atoms with Crippen LogP contribution in [0.3, 0.4) is 0 Å². The van der Waals surface area contributed by atoms with E-state index < -0.39 is 29.4 Å². The lowest BCUT2D eigenvalue weighted by Crippen LogP contribution is -2.45. The monoisotopic (exact) mass is 623 g/mol. The van der Waals surface area contributed by atoms with Crippen LogP contribution in [0.5, 0.6) is 5.75 Å². The Bertz CT molecular complexity index is 1590. The van der Waals surface area contributed by atoms with E-state index in [4.69, 9.17) is 29.0 Å². The fraction of sp³-hybridized carbons (Fsp3) is 0.515. The van der Waals surface area contributed by atoms with E-state index in [-0.39, 0.29) is 31.1 Å². The van der Waals surface area contributed by atoms with E-state index in [1.807, 2.05) is 39.8 Å². The van der Waals surface area contributed by atoms with Crippen LogP contribution in [0.25, 0.3) is 5.65 Å². The fourth-order valence-electron chi connectivity index (χ4n) is 5.57. The molecule has 1 N–H and O–H groups in total. The van der Waals surface area contributed by atoms with Gasteiger partial charge in [-0.15, -0.1) is 0 Å². The van der Waals surface area contributed by atoms with Gasteiger partial charge in [-0.25, -0.2) is 14.2 Å². The Balaban J connectivity index is 1.63. The summed E-state index contributed by atoms with van der Waals surface area (Å²) in [6.07, 6.45) is 4.04. The third-order valence-corrected chi connectivity index (χ3v) is 7.89. The van der Waals surface area contributed by atoms with Crippen molar-refractivity contribution in [3.8, 4) is 5.75 Å². The molecule has 0 spiro atoms. The van der Waals surface area contributed by atoms with Gasteiger partial charge in [-0.1, -0.05) is 12.1 Å². The predicted molar refractivity (Wildman–Crippen MR) is 166 cm³/mol. The summed E-state index contributed by atoms with van der Waals surface area (Å²) in [6, 6.07) is 5.81. The second-order valence-electron chi connectivity index (χ2n) is 12.6. The number of rotatable bonds is 4. The molecule has 4 bridgehead atoms. The number of hydrogen-bond donors (Lipinski definition) is 1. The standard InChI is InChI=1S/C33H42FN5O6/c1-7-42-31(41)28(45-32(3,4)5)27-21(2)36-26-19-24-29(40)35-20-22-10-11-23(34)18-25(22)43-16-8-9-17-44-33(6)12-14-38(15-13-33)30(27)39(26)37-24/h8-11,18-19,28H,7,12-17,20H2,1-6H3,(H,35,40)/b9-8+/t28-/m0/s1. The van der Waals surface area contributed by atoms with Crippen LogP contribution in [0.1, 0.15) is 80.9 Å². The molecule has 3 aliphatic heterocycles. The topological polar surface area (TPSA) is 117 Å². The Morgan fingerprint density at radius 2 is 1.91 bits per heavy atom. The average Bonchev–Trinajstić information content (AvgIpc) is 3.40. The summed E-state index contributed by atoms with van der Waals surface area (Å²) >= 11 is 0. The number of hydrogen-bond acceptors (Lipinski definition) is 9. The van der Waals surface area contributed by atoms with E-state index in [0.717, 1.165) is 0 Å². The molecular weight excluding hydrogens is 581 g/mol. The van der Waals surface area contributed by atoms with Gasteiger partial charge in [0.1, 0.15) is 24.0 Å². The molecule has 0 aliphatic carbocycles. The van der Waals surface area contributed by atoms with Gasteiger partial charge in [0.25, 0.3) is 5.91 Å². The first-order chi connectivity index (χ1) is 21.4. The Hall–Kier alpha value is -4.03. The van der Waals surface area contributed by atoms with E-state index in [0.29, 0.717) is 66.6 Å². The molecular formula is C33H42FN5O6. The number of nitrogens with one attached hydrogen (secondary N) is 1. The number of esters is 1. The Morgan fingerprint density at radius 1 is 1.18 bits per heavy atom. The van der Waals surface area contributed by atoms with Gasteiger partial charge in [0.05, 0.1) is 30.0 Å². The first-order valence-corrected chi connectivity index (χ1v) is 15.4. The van der Waals surface area contributed by atoms with Crippen LogP contribution in [0.4, 0.5) is 10.2 Å². The molecule has 6 rings (SSSR count). The number of anilines is 1. The van der Waals surface area contributed by atoms with Crippen molar-refractivity contribution in [3.63, 3.8) is 0 Å². The zero-order chi connectivity index (χ0) is 32.4. The van der Waals surface area contributed by atoms with Crippen LogP contribution < -0.4 is 15.0 Å². The second-order valence-corrected chi connectivity index (χ2v) is 12.6. The Labute approximate surface area is 262 Å². The fourth-order valence-corrected chi connectivity index (χ4v) is 5.57. The van der Waals surface area contributed by atoms with E-state index in [1.165, 1.54) is 12.1 Å². The number of aryl methyl sites for hydroxylation is 1. The molecule has 3 aliphatic rings. The van der Waals surface area contributed by atoms with Gasteiger partial charge >= 0.3 is 5.97 Å². The number of carbonyl (C=O) groups is 2. The maximum Gasteiger partial charge on any atom is 0.340 e. The number of halogens is 1. The molecule has 242 valence electrons. The van der Waals surface area contributed by atoms with Gasteiger partial charge in [-0.3, -0.25) is 4.79 Å². The first kappa shape index (κ1) is 32.4. The summed E-state index contributed by atoms with van der Waals surface area (Å²) in [6.45, 7) is 13.4. The third-order valence-electron chi connectivity index (χ3n) is 7.89. The summed E-state index contributed by atoms with van der Waals surface area (Å²) in [5.41, 5.74) is 1.24. The van der Waals surface area contributed by atoms with Crippen molar-refractivity contribution in [3.05, 3.63) is 64.7 Å². The number of benzene rings is 1. The lowest BCUT2D eigenvalue weighted by atomic mass is 9.92. The molecule has 11 nitrogen and oxygen atoms in total. The lowest BCUT2D eigenvalue weighted by molar-refractivity contribution is -0.166. The van der Waals surface area contributed by atoms with Crippen molar-refractivity contribution in [1.82, 2.24) is 19.9 Å². The molecule has 5 heterocycles. The summed E-state index contributed by atoms with van der Waals surface area (Å²) < 4.78 is 39.6. The maximum absolute atomic E-state index is 14.1. The number of fused-ring (bicyclic) bond motifs is 8. The minimum absolute atomic E-state index is 0.0918. The molecule has 1 atom stereocenters. The van der Waals surface area contributed by atoms with Gasteiger partial charge in [0, 0.05) is 43.0 Å². The number of amides is 1. The minimum Gasteiger partial charge on any atom is -0.489 e. The molecule has 1 fully saturated rings. The van der Waals surface area contributed by atoms with E-state index in [1.54, 1.807) is 23.6 Å². The van der Waals surface area contributed by atoms with Gasteiger partial charge < -0.3 is 29.2 Å². The quantitative estimate of drug-likeness (QED) is 0.322. The number of nitrogens with zero attached hydrogens (tertiary/aromatic N) is 4. The summed E-state index contributed by atoms with van der Waals surface area (Å²) in [7, 11) is 0. The van der Waals surface area contributed by atoms with Crippen LogP contribution in [0.15, 0.2) is 36.4 Å². The predicted octanol–water partition coefficient (Wildman–Crippen LogP) is 4.85. The summed E-state index contributed by atoms with van der Waals surface area (Å²) in [4.78, 5) is 33.8. The van der Waals surface area contributed by atoms with Crippen molar-refractivity contribution in [2.45, 2.75) is 78.2 Å². The maximum atomic E-state index is 14.1. The van der Waals surface area contributed by atoms with Gasteiger partial charge in [0.15, 0.2) is 17.4 Å². The first-order valence-electron chi connectivity index (χ1n) is 15.4. The van der Waals surface area contributed by atoms with Crippen molar-refractivity contribution < 1.29 is 32.9 Å². The van der Waals surface area contributed by atoms with Crippen molar-refractivity contribution in [1.29, 1.82) is 0 Å². The molecule has 0 radical (unpaired) electrons. The molecule has 12 heteroatoms. The van der Waals surface area contributed by atoms with Crippen LogP contribution in [-0.2, 0) is 25.5 Å². The highest BCUT2D eigenvalue weighted by molar-refractivity contribution is 5.93. The number of ether oxygens (including phenoxy) is 4. The van der Waals surface area contributed by atoms with Crippen LogP contribution >= 0.6 is 0 Å². The molecule has 45 heavy (non-hydrogen) atoms. The lowest BCUT2D eigenvalue weighted by Gasteiger charge is -2.41. The molecule has 3 aromatic rings. The highest BCUT2D eigenvalue weighted by Crippen LogP contribution is 2.38. The molecule has 0 unspecified atom stereocenters. The minimum atomic E-state index is -1.08. The summed E-state index contributed by atoms with van der Waals surface area (Å²) in [5, 5.41) is 7.57. The highest BCUT2D eigenvalue weighted by Gasteiger charge is 2.38. The van der Waals surface area contributed by atoms with E-state index in [2.05, 4.69) is 17.1 Å². The van der Waals surface area contributed by atoms with Crippen molar-refractivity contribution in [2.24, 2.45) is 0 Å². The number of carbonyl (C=O) groups excluding carboxylic acids is 2. The number of piperidine rings is 1. The molecule has 0 saturated carbocycles. The Morgan fingerprint density at radius 3 is 2.62 bits per heavy atom. The van der Waals surface area contributed by atoms with Crippen molar-refractivity contribution in [2.75, 3.05) is 37.8 Å².